The molecule has 1 aromatic heterocycles. The molecule has 0 radical (unpaired) electrons. The summed E-state index contributed by atoms with van der Waals surface area (Å²) < 4.78 is 47.6. The average molecular weight is 585 g/mol. The number of nitro groups is 1. The van der Waals surface area contributed by atoms with Crippen LogP contribution >= 0.6 is 11.3 Å². The summed E-state index contributed by atoms with van der Waals surface area (Å²) in [6.07, 6.45) is -5.33. The number of esters is 1. The Morgan fingerprint density at radius 1 is 1.10 bits per heavy atom. The van der Waals surface area contributed by atoms with Gasteiger partial charge in [-0.25, -0.2) is 0 Å². The predicted molar refractivity (Wildman–Crippen MR) is 143 cm³/mol. The Morgan fingerprint density at radius 2 is 1.85 bits per heavy atom. The van der Waals surface area contributed by atoms with Crippen LogP contribution in [0.15, 0.2) is 77.3 Å². The van der Waals surface area contributed by atoms with E-state index < -0.39 is 64.2 Å². The topological polar surface area (TPSA) is 107 Å². The number of ether oxygens (including phenoxy) is 1. The van der Waals surface area contributed by atoms with Crippen molar-refractivity contribution in [1.29, 1.82) is 0 Å². The Kier molecular flexibility index (Phi) is 7.52. The van der Waals surface area contributed by atoms with Gasteiger partial charge in [0.25, 0.3) is 5.69 Å². The number of ketones is 1. The summed E-state index contributed by atoms with van der Waals surface area (Å²) in [6, 6.07) is 13.5. The maximum Gasteiger partial charge on any atom is 0.418 e. The van der Waals surface area contributed by atoms with Crippen LogP contribution in [0, 0.1) is 16.0 Å². The zero-order chi connectivity index (χ0) is 29.5. The van der Waals surface area contributed by atoms with Gasteiger partial charge in [0, 0.05) is 46.5 Å². The fourth-order valence-corrected chi connectivity index (χ4v) is 6.50. The summed E-state index contributed by atoms with van der Waals surface area (Å²) in [5.74, 6) is -5.27. The van der Waals surface area contributed by atoms with Gasteiger partial charge >= 0.3 is 12.1 Å². The third-order valence-electron chi connectivity index (χ3n) is 7.30. The third-order valence-corrected chi connectivity index (χ3v) is 8.31. The van der Waals surface area contributed by atoms with Crippen LogP contribution in [0.25, 0.3) is 0 Å². The fraction of sp³-hybridized carbons (Fsp3) is 0.276. The van der Waals surface area contributed by atoms with Crippen molar-refractivity contribution < 1.29 is 37.2 Å². The standard InChI is InChI=1S/C29H23F3N2O6S/c1-2-40-28(37)26-19(23-11-6-12-41-23)14-22-25(27(26)36)18(16-7-5-8-17(13-16)34(38)39)15-24(35)33(22)21-10-4-3-9-20(21)29(30,31)32/h3-13,18-19,26H,2,14-15H2,1H3. The van der Waals surface area contributed by atoms with E-state index >= 15 is 0 Å². The number of halogens is 3. The van der Waals surface area contributed by atoms with Crippen molar-refractivity contribution in [2.45, 2.75) is 37.8 Å². The van der Waals surface area contributed by atoms with Crippen LogP contribution in [0.3, 0.4) is 0 Å². The highest BCUT2D eigenvalue weighted by Crippen LogP contribution is 2.51. The van der Waals surface area contributed by atoms with Crippen LogP contribution in [-0.2, 0) is 25.3 Å². The molecule has 12 heteroatoms. The first-order chi connectivity index (χ1) is 19.5. The maximum absolute atomic E-state index is 14.3. The zero-order valence-electron chi connectivity index (χ0n) is 21.6. The number of non-ortho nitro benzene ring substituents is 1. The van der Waals surface area contributed by atoms with Gasteiger partial charge < -0.3 is 4.74 Å². The lowest BCUT2D eigenvalue weighted by Gasteiger charge is -2.42. The summed E-state index contributed by atoms with van der Waals surface area (Å²) in [7, 11) is 0. The molecule has 3 unspecified atom stereocenters. The minimum absolute atomic E-state index is 0.00353. The van der Waals surface area contributed by atoms with Crippen molar-refractivity contribution >= 4 is 40.4 Å². The van der Waals surface area contributed by atoms with Gasteiger partial charge in [-0.05, 0) is 42.5 Å². The van der Waals surface area contributed by atoms with Gasteiger partial charge in [-0.2, -0.15) is 13.2 Å². The molecule has 2 heterocycles. The molecule has 2 aliphatic rings. The molecule has 212 valence electrons. The van der Waals surface area contributed by atoms with Crippen molar-refractivity contribution in [2.24, 2.45) is 5.92 Å². The second-order valence-corrected chi connectivity index (χ2v) is 10.6. The zero-order valence-corrected chi connectivity index (χ0v) is 22.4. The van der Waals surface area contributed by atoms with Crippen molar-refractivity contribution in [2.75, 3.05) is 11.5 Å². The van der Waals surface area contributed by atoms with E-state index in [4.69, 9.17) is 4.74 Å². The molecule has 2 aromatic carbocycles. The molecule has 0 saturated heterocycles. The Hall–Kier alpha value is -4.32. The highest BCUT2D eigenvalue weighted by molar-refractivity contribution is 7.10. The number of rotatable bonds is 6. The number of carbonyl (C=O) groups excluding carboxylic acids is 3. The number of nitro benzene ring substituents is 1. The van der Waals surface area contributed by atoms with Crippen molar-refractivity contribution in [3.05, 3.63) is 103 Å². The van der Waals surface area contributed by atoms with Gasteiger partial charge in [0.1, 0.15) is 5.92 Å². The molecule has 0 spiro atoms. The molecule has 0 saturated carbocycles. The Bertz CT molecular complexity index is 1570. The van der Waals surface area contributed by atoms with Crippen LogP contribution < -0.4 is 4.90 Å². The number of amides is 1. The second-order valence-electron chi connectivity index (χ2n) is 9.63. The molecule has 0 fully saturated rings. The lowest BCUT2D eigenvalue weighted by molar-refractivity contribution is -0.384. The van der Waals surface area contributed by atoms with E-state index in [1.54, 1.807) is 24.4 Å². The number of allylic oxidation sites excluding steroid dienone is 2. The van der Waals surface area contributed by atoms with Crippen LogP contribution in [0.5, 0.6) is 0 Å². The van der Waals surface area contributed by atoms with Crippen LogP contribution in [-0.4, -0.2) is 29.2 Å². The summed E-state index contributed by atoms with van der Waals surface area (Å²) in [4.78, 5) is 53.7. The van der Waals surface area contributed by atoms with E-state index in [0.717, 1.165) is 11.0 Å². The van der Waals surface area contributed by atoms with E-state index in [9.17, 15) is 37.7 Å². The lowest BCUT2D eigenvalue weighted by atomic mass is 9.69. The number of nitrogens with zero attached hydrogens (tertiary/aromatic N) is 2. The van der Waals surface area contributed by atoms with E-state index in [1.807, 2.05) is 0 Å². The highest BCUT2D eigenvalue weighted by Gasteiger charge is 2.51. The molecule has 1 aliphatic heterocycles. The number of para-hydroxylation sites is 1. The number of hydrogen-bond donors (Lipinski definition) is 0. The van der Waals surface area contributed by atoms with Gasteiger partial charge in [-0.3, -0.25) is 29.4 Å². The SMILES string of the molecule is CCOC(=O)C1C(=O)C2=C(CC1c1cccs1)N(c1ccccc1C(F)(F)F)C(=O)CC2c1cccc([N+](=O)[O-])c1. The number of carbonyl (C=O) groups is 3. The first-order valence-electron chi connectivity index (χ1n) is 12.7. The largest absolute Gasteiger partial charge is 0.465 e. The number of thiophene rings is 1. The lowest BCUT2D eigenvalue weighted by Crippen LogP contribution is -2.47. The first kappa shape index (κ1) is 28.2. The van der Waals surface area contributed by atoms with Gasteiger partial charge in [0.2, 0.25) is 5.91 Å². The predicted octanol–water partition coefficient (Wildman–Crippen LogP) is 6.39. The van der Waals surface area contributed by atoms with E-state index in [0.29, 0.717) is 4.88 Å². The molecular formula is C29H23F3N2O6S. The smallest absolute Gasteiger partial charge is 0.418 e. The van der Waals surface area contributed by atoms with Gasteiger partial charge in [0.15, 0.2) is 5.78 Å². The molecule has 1 aliphatic carbocycles. The Morgan fingerprint density at radius 3 is 2.51 bits per heavy atom. The molecule has 1 amide bonds. The molecular weight excluding hydrogens is 561 g/mol. The minimum Gasteiger partial charge on any atom is -0.465 e. The fourth-order valence-electron chi connectivity index (χ4n) is 5.63. The average Bonchev–Trinajstić information content (AvgIpc) is 3.47. The Balaban J connectivity index is 1.77. The third kappa shape index (κ3) is 5.15. The van der Waals surface area contributed by atoms with Crippen LogP contribution in [0.1, 0.15) is 47.6 Å². The molecule has 3 aromatic rings. The molecule has 8 nitrogen and oxygen atoms in total. The normalized spacial score (nSPS) is 21.1. The number of alkyl halides is 3. The summed E-state index contributed by atoms with van der Waals surface area (Å²) in [5, 5.41) is 13.2. The molecule has 0 N–H and O–H groups in total. The van der Waals surface area contributed by atoms with Crippen LogP contribution in [0.4, 0.5) is 24.5 Å². The van der Waals surface area contributed by atoms with Gasteiger partial charge in [0.05, 0.1) is 22.8 Å². The number of anilines is 1. The monoisotopic (exact) mass is 584 g/mol. The highest BCUT2D eigenvalue weighted by atomic mass is 32.1. The maximum atomic E-state index is 14.3. The van der Waals surface area contributed by atoms with E-state index in [-0.39, 0.29) is 35.5 Å². The summed E-state index contributed by atoms with van der Waals surface area (Å²) in [5.41, 5.74) is -1.46. The summed E-state index contributed by atoms with van der Waals surface area (Å²) in [6.45, 7) is 1.60. The van der Waals surface area contributed by atoms with Crippen molar-refractivity contribution in [1.82, 2.24) is 0 Å². The number of hydrogen-bond acceptors (Lipinski definition) is 7. The summed E-state index contributed by atoms with van der Waals surface area (Å²) >= 11 is 1.28. The van der Waals surface area contributed by atoms with E-state index in [2.05, 4.69) is 0 Å². The molecule has 41 heavy (non-hydrogen) atoms. The quantitative estimate of drug-likeness (QED) is 0.144. The molecule has 3 atom stereocenters. The molecule has 0 bridgehead atoms. The molecule has 5 rings (SSSR count). The van der Waals surface area contributed by atoms with Crippen LogP contribution in [0.2, 0.25) is 0 Å². The second kappa shape index (κ2) is 10.9. The van der Waals surface area contributed by atoms with Gasteiger partial charge in [-0.1, -0.05) is 30.3 Å². The van der Waals surface area contributed by atoms with Crippen molar-refractivity contribution in [3.63, 3.8) is 0 Å². The van der Waals surface area contributed by atoms with E-state index in [1.165, 1.54) is 53.8 Å². The first-order valence-corrected chi connectivity index (χ1v) is 13.6. The number of benzene rings is 2. The Labute approximate surface area is 236 Å². The van der Waals surface area contributed by atoms with Crippen molar-refractivity contribution in [3.8, 4) is 0 Å². The van der Waals surface area contributed by atoms with Gasteiger partial charge in [-0.15, -0.1) is 11.3 Å². The minimum atomic E-state index is -4.80. The number of Topliss-reactive ketones (excluding diaryl/α,β-unsaturated/α-hetero) is 1.